The van der Waals surface area contributed by atoms with Gasteiger partial charge >= 0.3 is 12.0 Å². The van der Waals surface area contributed by atoms with Crippen LogP contribution in [0.1, 0.15) is 25.7 Å². The number of aliphatic hydroxyl groups excluding tert-OH is 1. The monoisotopic (exact) mass is 276 g/mol. The van der Waals surface area contributed by atoms with Crippen LogP contribution in [0.25, 0.3) is 0 Å². The molecule has 6 nitrogen and oxygen atoms in total. The maximum Gasteiger partial charge on any atom is 0.312 e. The third-order valence-corrected chi connectivity index (χ3v) is 4.45. The summed E-state index contributed by atoms with van der Waals surface area (Å²) in [5, 5.41) is 12.6. The topological polar surface area (TPSA) is 102 Å². The minimum atomic E-state index is -0.606. The summed E-state index contributed by atoms with van der Waals surface area (Å²) in [5.41, 5.74) is 5.03. The number of carbonyl (C=O) groups is 2. The van der Waals surface area contributed by atoms with Gasteiger partial charge in [0.15, 0.2) is 0 Å². The Kier molecular flexibility index (Phi) is 6.28. The third kappa shape index (κ3) is 4.73. The summed E-state index contributed by atoms with van der Waals surface area (Å²) in [4.78, 5) is 21.6. The van der Waals surface area contributed by atoms with Crippen molar-refractivity contribution >= 4 is 23.8 Å². The smallest absolute Gasteiger partial charge is 0.312 e. The fourth-order valence-corrected chi connectivity index (χ4v) is 3.42. The van der Waals surface area contributed by atoms with E-state index in [2.05, 4.69) is 10.1 Å². The molecule has 0 aromatic carbocycles. The first-order valence-electron chi connectivity index (χ1n) is 5.97. The zero-order chi connectivity index (χ0) is 13.5. The number of primary amides is 1. The number of ether oxygens (including phenoxy) is 1. The van der Waals surface area contributed by atoms with Crippen LogP contribution in [-0.2, 0) is 9.53 Å². The maximum atomic E-state index is 10.9. The van der Waals surface area contributed by atoms with E-state index in [1.807, 2.05) is 0 Å². The van der Waals surface area contributed by atoms with E-state index < -0.39 is 12.1 Å². The molecule has 1 saturated heterocycles. The van der Waals surface area contributed by atoms with Crippen LogP contribution in [0.5, 0.6) is 0 Å². The summed E-state index contributed by atoms with van der Waals surface area (Å²) in [5.74, 6) is 0.467. The molecule has 3 unspecified atom stereocenters. The van der Waals surface area contributed by atoms with Gasteiger partial charge in [-0.1, -0.05) is 6.42 Å². The number of unbranched alkanes of at least 4 members (excludes halogenated alkanes) is 1. The lowest BCUT2D eigenvalue weighted by atomic mass is 10.0. The SMILES string of the molecule is COC(=O)CCCCC1SCC(NC(N)=O)C1O. The molecule has 7 heteroatoms. The molecule has 4 N–H and O–H groups in total. The van der Waals surface area contributed by atoms with Crippen molar-refractivity contribution in [2.75, 3.05) is 12.9 Å². The number of nitrogens with two attached hydrogens (primary N) is 1. The van der Waals surface area contributed by atoms with Gasteiger partial charge in [0, 0.05) is 17.4 Å². The van der Waals surface area contributed by atoms with Gasteiger partial charge in [-0.2, -0.15) is 11.8 Å². The maximum absolute atomic E-state index is 10.9. The molecule has 0 saturated carbocycles. The molecule has 1 aliphatic heterocycles. The number of nitrogens with one attached hydrogen (secondary N) is 1. The first-order valence-corrected chi connectivity index (χ1v) is 7.02. The molecule has 104 valence electrons. The number of methoxy groups -OCH3 is 1. The van der Waals surface area contributed by atoms with Crippen LogP contribution in [0.3, 0.4) is 0 Å². The standard InChI is InChI=1S/C11H20N2O4S/c1-17-9(14)5-3-2-4-8-10(15)7(6-18-8)13-11(12)16/h7-8,10,15H,2-6H2,1H3,(H3,12,13,16). The van der Waals surface area contributed by atoms with E-state index in [4.69, 9.17) is 5.73 Å². The van der Waals surface area contributed by atoms with E-state index in [9.17, 15) is 14.7 Å². The highest BCUT2D eigenvalue weighted by Gasteiger charge is 2.35. The molecule has 0 aromatic heterocycles. The summed E-state index contributed by atoms with van der Waals surface area (Å²) in [6.45, 7) is 0. The van der Waals surface area contributed by atoms with Crippen LogP contribution in [0, 0.1) is 0 Å². The molecule has 0 aromatic rings. The number of amides is 2. The van der Waals surface area contributed by atoms with E-state index in [0.717, 1.165) is 19.3 Å². The number of rotatable bonds is 6. The highest BCUT2D eigenvalue weighted by molar-refractivity contribution is 8.00. The van der Waals surface area contributed by atoms with E-state index in [0.29, 0.717) is 12.2 Å². The first-order chi connectivity index (χ1) is 8.54. The fourth-order valence-electron chi connectivity index (χ4n) is 1.96. The Balaban J connectivity index is 2.20. The Morgan fingerprint density at radius 3 is 2.83 bits per heavy atom. The molecular weight excluding hydrogens is 256 g/mol. The predicted molar refractivity (Wildman–Crippen MR) is 69.2 cm³/mol. The molecule has 0 spiro atoms. The molecule has 18 heavy (non-hydrogen) atoms. The molecule has 1 heterocycles. The molecule has 1 fully saturated rings. The Morgan fingerprint density at radius 2 is 2.22 bits per heavy atom. The van der Waals surface area contributed by atoms with Crippen molar-refractivity contribution in [1.29, 1.82) is 0 Å². The lowest BCUT2D eigenvalue weighted by Crippen LogP contribution is -2.46. The Bertz CT molecular complexity index is 301. The van der Waals surface area contributed by atoms with E-state index >= 15 is 0 Å². The number of esters is 1. The normalized spacial score (nSPS) is 26.9. The molecule has 2 amide bonds. The average molecular weight is 276 g/mol. The Labute approximate surface area is 111 Å². The zero-order valence-corrected chi connectivity index (χ0v) is 11.2. The molecular formula is C11H20N2O4S. The van der Waals surface area contributed by atoms with Gasteiger partial charge in [0.25, 0.3) is 0 Å². The second-order valence-corrected chi connectivity index (χ2v) is 5.57. The second kappa shape index (κ2) is 7.48. The summed E-state index contributed by atoms with van der Waals surface area (Å²) in [7, 11) is 1.37. The molecule has 0 bridgehead atoms. The van der Waals surface area contributed by atoms with Crippen molar-refractivity contribution in [1.82, 2.24) is 5.32 Å². The van der Waals surface area contributed by atoms with Gasteiger partial charge in [-0.3, -0.25) is 4.79 Å². The molecule has 1 rings (SSSR count). The van der Waals surface area contributed by atoms with Crippen molar-refractivity contribution in [2.45, 2.75) is 43.1 Å². The summed E-state index contributed by atoms with van der Waals surface area (Å²) in [6.07, 6.45) is 2.27. The Morgan fingerprint density at radius 1 is 1.50 bits per heavy atom. The lowest BCUT2D eigenvalue weighted by molar-refractivity contribution is -0.140. The van der Waals surface area contributed by atoms with Crippen molar-refractivity contribution in [3.63, 3.8) is 0 Å². The van der Waals surface area contributed by atoms with Crippen molar-refractivity contribution in [3.05, 3.63) is 0 Å². The first kappa shape index (κ1) is 15.1. The largest absolute Gasteiger partial charge is 0.469 e. The number of aliphatic hydroxyl groups is 1. The van der Waals surface area contributed by atoms with Crippen molar-refractivity contribution in [3.8, 4) is 0 Å². The van der Waals surface area contributed by atoms with Gasteiger partial charge in [0.2, 0.25) is 0 Å². The number of urea groups is 1. The summed E-state index contributed by atoms with van der Waals surface area (Å²) >= 11 is 1.63. The Hall–Kier alpha value is -0.950. The van der Waals surface area contributed by atoms with Crippen LogP contribution in [0.4, 0.5) is 4.79 Å². The van der Waals surface area contributed by atoms with Gasteiger partial charge in [-0.05, 0) is 12.8 Å². The third-order valence-electron chi connectivity index (χ3n) is 2.96. The number of hydrogen-bond donors (Lipinski definition) is 3. The van der Waals surface area contributed by atoms with Crippen molar-refractivity contribution < 1.29 is 19.4 Å². The quantitative estimate of drug-likeness (QED) is 0.476. The molecule has 0 radical (unpaired) electrons. The highest BCUT2D eigenvalue weighted by Crippen LogP contribution is 2.31. The molecule has 1 aliphatic rings. The minimum absolute atomic E-state index is 0.0968. The molecule has 0 aliphatic carbocycles. The molecule has 3 atom stereocenters. The van der Waals surface area contributed by atoms with Crippen molar-refractivity contribution in [2.24, 2.45) is 5.73 Å². The number of hydrogen-bond acceptors (Lipinski definition) is 5. The fraction of sp³-hybridized carbons (Fsp3) is 0.818. The van der Waals surface area contributed by atoms with Crippen LogP contribution in [-0.4, -0.2) is 47.4 Å². The van der Waals surface area contributed by atoms with Gasteiger partial charge in [0.05, 0.1) is 19.3 Å². The van der Waals surface area contributed by atoms with E-state index in [1.165, 1.54) is 7.11 Å². The van der Waals surface area contributed by atoms with Gasteiger partial charge in [-0.25, -0.2) is 4.79 Å². The average Bonchev–Trinajstić information content (AvgIpc) is 2.66. The number of thioether (sulfide) groups is 1. The minimum Gasteiger partial charge on any atom is -0.469 e. The van der Waals surface area contributed by atoms with Crippen LogP contribution in [0.15, 0.2) is 0 Å². The lowest BCUT2D eigenvalue weighted by Gasteiger charge is -2.18. The van der Waals surface area contributed by atoms with Gasteiger partial charge in [-0.15, -0.1) is 0 Å². The van der Waals surface area contributed by atoms with Crippen LogP contribution < -0.4 is 11.1 Å². The van der Waals surface area contributed by atoms with Gasteiger partial charge in [0.1, 0.15) is 0 Å². The zero-order valence-electron chi connectivity index (χ0n) is 10.4. The van der Waals surface area contributed by atoms with Gasteiger partial charge < -0.3 is 20.9 Å². The summed E-state index contributed by atoms with van der Waals surface area (Å²) < 4.78 is 4.55. The van der Waals surface area contributed by atoms with Crippen LogP contribution >= 0.6 is 11.8 Å². The highest BCUT2D eigenvalue weighted by atomic mass is 32.2. The van der Waals surface area contributed by atoms with E-state index in [1.54, 1.807) is 11.8 Å². The number of carbonyl (C=O) groups excluding carboxylic acids is 2. The van der Waals surface area contributed by atoms with E-state index in [-0.39, 0.29) is 17.3 Å². The predicted octanol–water partition coefficient (Wildman–Crippen LogP) is 0.233. The second-order valence-electron chi connectivity index (χ2n) is 4.30. The van der Waals surface area contributed by atoms with Crippen LogP contribution in [0.2, 0.25) is 0 Å². The summed E-state index contributed by atoms with van der Waals surface area (Å²) in [6, 6.07) is -0.871.